The van der Waals surface area contributed by atoms with Crippen molar-refractivity contribution in [2.45, 2.75) is 19.8 Å². The average Bonchev–Trinajstić information content (AvgIpc) is 2.54. The fourth-order valence-electron chi connectivity index (χ4n) is 2.98. The molecule has 0 saturated heterocycles. The summed E-state index contributed by atoms with van der Waals surface area (Å²) in [6.45, 7) is 2.12. The van der Waals surface area contributed by atoms with Crippen molar-refractivity contribution < 1.29 is 4.79 Å². The molecule has 0 aliphatic heterocycles. The minimum Gasteiger partial charge on any atom is -0.269 e. The van der Waals surface area contributed by atoms with Gasteiger partial charge in [0.25, 0.3) is 5.91 Å². The molecule has 0 aliphatic rings. The van der Waals surface area contributed by atoms with Gasteiger partial charge in [0.05, 0.1) is 0 Å². The van der Waals surface area contributed by atoms with E-state index in [-0.39, 0.29) is 6.42 Å². The van der Waals surface area contributed by atoms with Crippen LogP contribution < -0.4 is 0 Å². The summed E-state index contributed by atoms with van der Waals surface area (Å²) in [6, 6.07) is 16.4. The van der Waals surface area contributed by atoms with Gasteiger partial charge in [0.15, 0.2) is 0 Å². The topological polar surface area (TPSA) is 46.5 Å². The molecule has 0 atom stereocenters. The number of carbonyl (C=O) groups excluding carboxylic acids is 1. The summed E-state index contributed by atoms with van der Waals surface area (Å²) in [5.74, 6) is -0.594. The Balaban J connectivity index is 2.29. The number of benzene rings is 3. The van der Waals surface area contributed by atoms with Crippen molar-refractivity contribution in [1.29, 1.82) is 0 Å². The van der Waals surface area contributed by atoms with Crippen LogP contribution in [0.25, 0.3) is 21.5 Å². The number of aryl methyl sites for hydroxylation is 2. The number of rotatable bonds is 3. The van der Waals surface area contributed by atoms with Crippen LogP contribution in [0.3, 0.4) is 0 Å². The second-order valence-corrected chi connectivity index (χ2v) is 5.18. The number of amides is 1. The summed E-state index contributed by atoms with van der Waals surface area (Å²) in [6.07, 6.45) is 0.687. The fraction of sp³-hybridized carbons (Fsp3) is 0.167. The van der Waals surface area contributed by atoms with Crippen molar-refractivity contribution in [2.24, 2.45) is 5.18 Å². The van der Waals surface area contributed by atoms with Crippen LogP contribution in [0.1, 0.15) is 17.5 Å². The second-order valence-electron chi connectivity index (χ2n) is 5.18. The van der Waals surface area contributed by atoms with Gasteiger partial charge in [0.1, 0.15) is 0 Å². The maximum absolute atomic E-state index is 11.2. The van der Waals surface area contributed by atoms with Crippen molar-refractivity contribution in [2.75, 3.05) is 0 Å². The van der Waals surface area contributed by atoms with Gasteiger partial charge in [-0.3, -0.25) is 4.79 Å². The van der Waals surface area contributed by atoms with Crippen LogP contribution in [0.5, 0.6) is 0 Å². The molecule has 3 heteroatoms. The molecule has 0 unspecified atom stereocenters. The van der Waals surface area contributed by atoms with E-state index in [2.05, 4.69) is 36.4 Å². The van der Waals surface area contributed by atoms with Crippen molar-refractivity contribution >= 4 is 27.5 Å². The lowest BCUT2D eigenvalue weighted by Crippen LogP contribution is -1.98. The predicted molar refractivity (Wildman–Crippen MR) is 85.3 cm³/mol. The molecule has 3 nitrogen and oxygen atoms in total. The normalized spacial score (nSPS) is 10.9. The third-order valence-corrected chi connectivity index (χ3v) is 4.00. The van der Waals surface area contributed by atoms with E-state index in [4.69, 9.17) is 0 Å². The van der Waals surface area contributed by atoms with E-state index in [9.17, 15) is 9.70 Å². The van der Waals surface area contributed by atoms with Gasteiger partial charge in [0.2, 0.25) is 0 Å². The van der Waals surface area contributed by atoms with E-state index >= 15 is 0 Å². The van der Waals surface area contributed by atoms with Gasteiger partial charge in [-0.25, -0.2) is 0 Å². The number of hydrogen-bond acceptors (Lipinski definition) is 2. The van der Waals surface area contributed by atoms with Gasteiger partial charge in [-0.2, -0.15) is 0 Å². The molecule has 104 valence electrons. The zero-order valence-electron chi connectivity index (χ0n) is 11.8. The van der Waals surface area contributed by atoms with Gasteiger partial charge in [0, 0.05) is 11.6 Å². The first-order valence-corrected chi connectivity index (χ1v) is 6.97. The molecule has 21 heavy (non-hydrogen) atoms. The molecule has 3 aromatic carbocycles. The molecule has 0 spiro atoms. The minimum absolute atomic E-state index is 0.153. The monoisotopic (exact) mass is 277 g/mol. The van der Waals surface area contributed by atoms with Gasteiger partial charge < -0.3 is 0 Å². The van der Waals surface area contributed by atoms with Gasteiger partial charge in [-0.05, 0) is 46.0 Å². The Bertz CT molecular complexity index is 795. The SMILES string of the molecule is Cc1c2ccccc2c(CCC(=O)N=O)c2ccccc12. The summed E-state index contributed by atoms with van der Waals surface area (Å²) >= 11 is 0. The van der Waals surface area contributed by atoms with Crippen LogP contribution in [0.4, 0.5) is 0 Å². The van der Waals surface area contributed by atoms with E-state index in [0.29, 0.717) is 6.42 Å². The lowest BCUT2D eigenvalue weighted by molar-refractivity contribution is -0.117. The molecular formula is C18H15NO2. The van der Waals surface area contributed by atoms with Crippen molar-refractivity contribution in [3.05, 3.63) is 64.6 Å². The Morgan fingerprint density at radius 3 is 1.86 bits per heavy atom. The first kappa shape index (κ1) is 13.4. The Labute approximate surface area is 122 Å². The Morgan fingerprint density at radius 1 is 0.905 bits per heavy atom. The highest BCUT2D eigenvalue weighted by Gasteiger charge is 2.12. The molecule has 0 N–H and O–H groups in total. The van der Waals surface area contributed by atoms with Gasteiger partial charge in [-0.1, -0.05) is 48.5 Å². The molecule has 3 rings (SSSR count). The number of nitrogens with zero attached hydrogens (tertiary/aromatic N) is 1. The van der Waals surface area contributed by atoms with Gasteiger partial charge in [-0.15, -0.1) is 4.91 Å². The largest absolute Gasteiger partial charge is 0.286 e. The predicted octanol–water partition coefficient (Wildman–Crippen LogP) is 4.53. The highest BCUT2D eigenvalue weighted by Crippen LogP contribution is 2.33. The maximum atomic E-state index is 11.2. The van der Waals surface area contributed by atoms with E-state index in [0.717, 1.165) is 16.3 Å². The van der Waals surface area contributed by atoms with Crippen LogP contribution in [0.2, 0.25) is 0 Å². The third kappa shape index (κ3) is 2.31. The number of nitroso groups, excluding NO2 is 1. The van der Waals surface area contributed by atoms with Crippen LogP contribution in [-0.2, 0) is 11.2 Å². The molecule has 0 heterocycles. The summed E-state index contributed by atoms with van der Waals surface area (Å²) in [7, 11) is 0. The third-order valence-electron chi connectivity index (χ3n) is 4.00. The first-order valence-electron chi connectivity index (χ1n) is 6.97. The smallest absolute Gasteiger partial charge is 0.269 e. The summed E-state index contributed by atoms with van der Waals surface area (Å²) in [5.41, 5.74) is 2.36. The highest BCUT2D eigenvalue weighted by molar-refractivity contribution is 6.05. The van der Waals surface area contributed by atoms with Gasteiger partial charge >= 0.3 is 0 Å². The number of carbonyl (C=O) groups is 1. The van der Waals surface area contributed by atoms with Crippen molar-refractivity contribution in [3.8, 4) is 0 Å². The minimum atomic E-state index is -0.594. The molecule has 3 aromatic rings. The molecular weight excluding hydrogens is 262 g/mol. The van der Waals surface area contributed by atoms with Crippen molar-refractivity contribution in [1.82, 2.24) is 0 Å². The number of fused-ring (bicyclic) bond motifs is 2. The first-order chi connectivity index (χ1) is 10.2. The molecule has 0 fully saturated rings. The Hall–Kier alpha value is -2.55. The lowest BCUT2D eigenvalue weighted by Gasteiger charge is -2.14. The second kappa shape index (κ2) is 5.44. The van der Waals surface area contributed by atoms with Crippen LogP contribution in [-0.4, -0.2) is 5.91 Å². The van der Waals surface area contributed by atoms with E-state index < -0.39 is 5.91 Å². The summed E-state index contributed by atoms with van der Waals surface area (Å²) in [4.78, 5) is 21.6. The average molecular weight is 277 g/mol. The molecule has 0 aromatic heterocycles. The fourth-order valence-corrected chi connectivity index (χ4v) is 2.98. The molecule has 1 amide bonds. The number of hydrogen-bond donors (Lipinski definition) is 0. The van der Waals surface area contributed by atoms with Crippen LogP contribution in [0, 0.1) is 11.8 Å². The Morgan fingerprint density at radius 2 is 1.38 bits per heavy atom. The zero-order valence-corrected chi connectivity index (χ0v) is 11.8. The van der Waals surface area contributed by atoms with E-state index in [1.807, 2.05) is 24.3 Å². The lowest BCUT2D eigenvalue weighted by atomic mass is 9.90. The highest BCUT2D eigenvalue weighted by atomic mass is 16.3. The molecule has 0 bridgehead atoms. The molecule has 0 aliphatic carbocycles. The molecule has 0 radical (unpaired) electrons. The maximum Gasteiger partial charge on any atom is 0.286 e. The van der Waals surface area contributed by atoms with Crippen LogP contribution >= 0.6 is 0 Å². The Kier molecular flexibility index (Phi) is 3.48. The van der Waals surface area contributed by atoms with E-state index in [1.165, 1.54) is 16.3 Å². The van der Waals surface area contributed by atoms with Crippen LogP contribution in [0.15, 0.2) is 53.7 Å². The standard InChI is InChI=1S/C18H15NO2/c1-12-13-6-2-4-8-15(13)17(10-11-18(20)19-21)16-9-5-3-7-14(12)16/h2-9H,10-11H2,1H3. The zero-order chi connectivity index (χ0) is 14.8. The molecule has 0 saturated carbocycles. The summed E-state index contributed by atoms with van der Waals surface area (Å²) in [5, 5.41) is 7.17. The summed E-state index contributed by atoms with van der Waals surface area (Å²) < 4.78 is 0. The quantitative estimate of drug-likeness (QED) is 0.521. The van der Waals surface area contributed by atoms with E-state index in [1.54, 1.807) is 0 Å². The van der Waals surface area contributed by atoms with Crippen molar-refractivity contribution in [3.63, 3.8) is 0 Å².